The molecule has 0 saturated heterocycles. The Morgan fingerprint density at radius 2 is 2.07 bits per heavy atom. The minimum atomic E-state index is -0.258. The van der Waals surface area contributed by atoms with Gasteiger partial charge in [-0.25, -0.2) is 0 Å². The molecule has 0 saturated carbocycles. The number of benzene rings is 2. The maximum Gasteiger partial charge on any atom is 0.262 e. The van der Waals surface area contributed by atoms with Gasteiger partial charge in [0.15, 0.2) is 23.9 Å². The molecule has 30 heavy (non-hydrogen) atoms. The third kappa shape index (κ3) is 5.54. The molecule has 0 fully saturated rings. The van der Waals surface area contributed by atoms with Crippen molar-refractivity contribution in [3.8, 4) is 11.5 Å². The second-order valence-corrected chi connectivity index (χ2v) is 6.75. The second kappa shape index (κ2) is 10.4. The molecule has 156 valence electrons. The Labute approximate surface area is 179 Å². The first kappa shape index (κ1) is 21.3. The van der Waals surface area contributed by atoms with Gasteiger partial charge in [-0.2, -0.15) is 14.9 Å². The van der Waals surface area contributed by atoms with E-state index in [4.69, 9.17) is 21.7 Å². The first-order chi connectivity index (χ1) is 14.6. The number of hydrogen-bond acceptors (Lipinski definition) is 6. The summed E-state index contributed by atoms with van der Waals surface area (Å²) in [5.41, 5.74) is 1.50. The summed E-state index contributed by atoms with van der Waals surface area (Å²) in [4.78, 5) is 12.1. The second-order valence-electron chi connectivity index (χ2n) is 6.36. The molecule has 8 nitrogen and oxygen atoms in total. The van der Waals surface area contributed by atoms with Crippen LogP contribution in [0.25, 0.3) is 0 Å². The molecule has 0 atom stereocenters. The average Bonchev–Trinajstić information content (AvgIpc) is 3.11. The van der Waals surface area contributed by atoms with Gasteiger partial charge in [-0.1, -0.05) is 25.1 Å². The maximum absolute atomic E-state index is 12.1. The van der Waals surface area contributed by atoms with Gasteiger partial charge in [0, 0.05) is 12.1 Å². The molecule has 1 aromatic heterocycles. The van der Waals surface area contributed by atoms with E-state index >= 15 is 0 Å². The molecule has 1 heterocycles. The van der Waals surface area contributed by atoms with Gasteiger partial charge in [0.05, 0.1) is 13.3 Å². The van der Waals surface area contributed by atoms with E-state index in [9.17, 15) is 4.79 Å². The van der Waals surface area contributed by atoms with E-state index in [0.29, 0.717) is 22.0 Å². The molecule has 0 aliphatic carbocycles. The lowest BCUT2D eigenvalue weighted by Gasteiger charge is -2.11. The molecule has 2 aromatic carbocycles. The number of anilines is 1. The fourth-order valence-electron chi connectivity index (χ4n) is 2.70. The number of amides is 1. The number of aryl methyl sites for hydroxylation is 1. The third-order valence-corrected chi connectivity index (χ3v) is 4.38. The van der Waals surface area contributed by atoms with E-state index in [1.165, 1.54) is 0 Å². The van der Waals surface area contributed by atoms with Crippen LogP contribution in [-0.4, -0.2) is 40.7 Å². The Morgan fingerprint density at radius 3 is 2.80 bits per heavy atom. The van der Waals surface area contributed by atoms with Crippen molar-refractivity contribution in [3.63, 3.8) is 0 Å². The molecule has 0 radical (unpaired) electrons. The van der Waals surface area contributed by atoms with Crippen LogP contribution < -0.4 is 14.8 Å². The summed E-state index contributed by atoms with van der Waals surface area (Å²) in [6, 6.07) is 14.5. The molecule has 0 aliphatic rings. The van der Waals surface area contributed by atoms with Crippen LogP contribution >= 0.6 is 12.2 Å². The largest absolute Gasteiger partial charge is 0.493 e. The molecule has 9 heteroatoms. The van der Waals surface area contributed by atoms with Crippen molar-refractivity contribution in [1.29, 1.82) is 0 Å². The van der Waals surface area contributed by atoms with Crippen molar-refractivity contribution in [2.75, 3.05) is 19.0 Å². The lowest BCUT2D eigenvalue weighted by Crippen LogP contribution is -2.20. The van der Waals surface area contributed by atoms with Gasteiger partial charge < -0.3 is 14.8 Å². The number of aromatic amines is 1. The zero-order valence-electron chi connectivity index (χ0n) is 16.8. The summed E-state index contributed by atoms with van der Waals surface area (Å²) < 4.78 is 13.1. The van der Waals surface area contributed by atoms with Crippen molar-refractivity contribution in [3.05, 3.63) is 64.7 Å². The van der Waals surface area contributed by atoms with E-state index in [1.807, 2.05) is 36.4 Å². The standard InChI is InChI=1S/C21H23N5O3S/c1-3-7-19-24-25-21(30)26(19)22-13-15-10-11-17(18(12-15)28-2)29-14-20(27)23-16-8-5-4-6-9-16/h4-6,8-13H,3,7,14H2,1-2H3,(H,23,27)(H,25,30)/b22-13+. The van der Waals surface area contributed by atoms with Crippen LogP contribution in [0.3, 0.4) is 0 Å². The van der Waals surface area contributed by atoms with E-state index in [2.05, 4.69) is 27.5 Å². The topological polar surface area (TPSA) is 93.5 Å². The van der Waals surface area contributed by atoms with E-state index < -0.39 is 0 Å². The summed E-state index contributed by atoms with van der Waals surface area (Å²) >= 11 is 5.23. The first-order valence-electron chi connectivity index (χ1n) is 9.47. The SMILES string of the molecule is CCCc1n[nH]c(=S)n1/N=C/c1ccc(OCC(=O)Nc2ccccc2)c(OC)c1. The van der Waals surface area contributed by atoms with Gasteiger partial charge in [-0.3, -0.25) is 9.89 Å². The number of H-pyrrole nitrogens is 1. The van der Waals surface area contributed by atoms with Crippen molar-refractivity contribution in [2.24, 2.45) is 5.10 Å². The highest BCUT2D eigenvalue weighted by atomic mass is 32.1. The summed E-state index contributed by atoms with van der Waals surface area (Å²) in [6.07, 6.45) is 3.37. The number of nitrogens with one attached hydrogen (secondary N) is 2. The number of nitrogens with zero attached hydrogens (tertiary/aromatic N) is 3. The van der Waals surface area contributed by atoms with Crippen LogP contribution in [0.4, 0.5) is 5.69 Å². The van der Waals surface area contributed by atoms with Crippen LogP contribution in [0.5, 0.6) is 11.5 Å². The normalized spacial score (nSPS) is 10.9. The van der Waals surface area contributed by atoms with Crippen molar-refractivity contribution >= 4 is 30.0 Å². The van der Waals surface area contributed by atoms with E-state index in [-0.39, 0.29) is 12.5 Å². The molecule has 0 spiro atoms. The highest BCUT2D eigenvalue weighted by molar-refractivity contribution is 7.71. The van der Waals surface area contributed by atoms with Gasteiger partial charge in [0.1, 0.15) is 0 Å². The number of hydrogen-bond donors (Lipinski definition) is 2. The number of aromatic nitrogens is 3. The summed E-state index contributed by atoms with van der Waals surface area (Å²) in [6.45, 7) is 1.93. The number of ether oxygens (including phenoxy) is 2. The first-order valence-corrected chi connectivity index (χ1v) is 9.88. The van der Waals surface area contributed by atoms with Crippen LogP contribution in [0.2, 0.25) is 0 Å². The molecular weight excluding hydrogens is 402 g/mol. The Balaban J connectivity index is 1.67. The van der Waals surface area contributed by atoms with Gasteiger partial charge >= 0.3 is 0 Å². The smallest absolute Gasteiger partial charge is 0.262 e. The summed E-state index contributed by atoms with van der Waals surface area (Å²) in [5.74, 6) is 1.47. The molecular formula is C21H23N5O3S. The van der Waals surface area contributed by atoms with Crippen molar-refractivity contribution < 1.29 is 14.3 Å². The fraction of sp³-hybridized carbons (Fsp3) is 0.238. The Morgan fingerprint density at radius 1 is 1.27 bits per heavy atom. The van der Waals surface area contributed by atoms with Crippen LogP contribution in [-0.2, 0) is 11.2 Å². The highest BCUT2D eigenvalue weighted by Gasteiger charge is 2.09. The van der Waals surface area contributed by atoms with Crippen LogP contribution in [0, 0.1) is 4.77 Å². The van der Waals surface area contributed by atoms with Gasteiger partial charge in [0.25, 0.3) is 5.91 Å². The van der Waals surface area contributed by atoms with Gasteiger partial charge in [0.2, 0.25) is 4.77 Å². The predicted molar refractivity (Wildman–Crippen MR) is 118 cm³/mol. The van der Waals surface area contributed by atoms with E-state index in [1.54, 1.807) is 30.1 Å². The van der Waals surface area contributed by atoms with Crippen molar-refractivity contribution in [2.45, 2.75) is 19.8 Å². The molecule has 0 unspecified atom stereocenters. The zero-order valence-corrected chi connectivity index (χ0v) is 17.6. The Kier molecular flexibility index (Phi) is 7.34. The lowest BCUT2D eigenvalue weighted by atomic mass is 10.2. The van der Waals surface area contributed by atoms with E-state index in [0.717, 1.165) is 24.2 Å². The number of methoxy groups -OCH3 is 1. The Hall–Kier alpha value is -3.46. The molecule has 2 N–H and O–H groups in total. The Bertz CT molecular complexity index is 1080. The summed E-state index contributed by atoms with van der Waals surface area (Å²) in [7, 11) is 1.54. The number of carbonyl (C=O) groups is 1. The minimum absolute atomic E-state index is 0.136. The maximum atomic E-state index is 12.1. The molecule has 3 aromatic rings. The number of rotatable bonds is 9. The minimum Gasteiger partial charge on any atom is -0.493 e. The van der Waals surface area contributed by atoms with Crippen molar-refractivity contribution in [1.82, 2.24) is 14.9 Å². The van der Waals surface area contributed by atoms with Crippen LogP contribution in [0.1, 0.15) is 24.7 Å². The molecule has 3 rings (SSSR count). The quantitative estimate of drug-likeness (QED) is 0.402. The molecule has 0 bridgehead atoms. The summed E-state index contributed by atoms with van der Waals surface area (Å²) in [5, 5.41) is 14.1. The zero-order chi connectivity index (χ0) is 21.3. The van der Waals surface area contributed by atoms with Gasteiger partial charge in [-0.05, 0) is 54.5 Å². The fourth-order valence-corrected chi connectivity index (χ4v) is 2.90. The average molecular weight is 426 g/mol. The highest BCUT2D eigenvalue weighted by Crippen LogP contribution is 2.27. The molecule has 0 aliphatic heterocycles. The number of para-hydroxylation sites is 1. The van der Waals surface area contributed by atoms with Gasteiger partial charge in [-0.15, -0.1) is 0 Å². The lowest BCUT2D eigenvalue weighted by molar-refractivity contribution is -0.118. The molecule has 1 amide bonds. The number of carbonyl (C=O) groups excluding carboxylic acids is 1. The third-order valence-electron chi connectivity index (χ3n) is 4.12. The van der Waals surface area contributed by atoms with Crippen LogP contribution in [0.15, 0.2) is 53.6 Å². The monoisotopic (exact) mass is 425 g/mol. The predicted octanol–water partition coefficient (Wildman–Crippen LogP) is 3.80.